The average molecular weight is 577 g/mol. The van der Waals surface area contributed by atoms with Gasteiger partial charge in [0.15, 0.2) is 15.8 Å². The van der Waals surface area contributed by atoms with Crippen LogP contribution in [0.3, 0.4) is 0 Å². The molecule has 2 fully saturated rings. The van der Waals surface area contributed by atoms with E-state index in [-0.39, 0.29) is 29.7 Å². The van der Waals surface area contributed by atoms with Gasteiger partial charge in [-0.05, 0) is 48.6 Å². The van der Waals surface area contributed by atoms with Crippen LogP contribution in [0.15, 0.2) is 29.3 Å². The predicted octanol–water partition coefficient (Wildman–Crippen LogP) is 3.76. The molecule has 1 aliphatic carbocycles. The fourth-order valence-corrected chi connectivity index (χ4v) is 5.80. The largest absolute Gasteiger partial charge is 0.352 e. The highest BCUT2D eigenvalue weighted by molar-refractivity contribution is 14.0. The Hall–Kier alpha value is -0.870. The molecule has 182 valence electrons. The number of rotatable bonds is 6. The molecule has 1 N–H and O–H groups in total. The maximum absolute atomic E-state index is 11.4. The summed E-state index contributed by atoms with van der Waals surface area (Å²) in [7, 11) is -1.15. The number of benzene rings is 1. The minimum Gasteiger partial charge on any atom is -0.352 e. The van der Waals surface area contributed by atoms with Gasteiger partial charge in [0.1, 0.15) is 0 Å². The molecule has 8 heteroatoms. The molecule has 1 saturated heterocycles. The third-order valence-electron chi connectivity index (χ3n) is 6.93. The zero-order valence-corrected chi connectivity index (χ0v) is 23.2. The van der Waals surface area contributed by atoms with E-state index < -0.39 is 9.84 Å². The van der Waals surface area contributed by atoms with Gasteiger partial charge in [0.05, 0.1) is 5.75 Å². The Morgan fingerprint density at radius 2 is 1.59 bits per heavy atom. The molecule has 3 rings (SSSR count). The Labute approximate surface area is 212 Å². The number of hydrogen-bond donors (Lipinski definition) is 1. The molecule has 0 bridgehead atoms. The van der Waals surface area contributed by atoms with Gasteiger partial charge in [-0.1, -0.05) is 38.1 Å². The van der Waals surface area contributed by atoms with E-state index in [4.69, 9.17) is 0 Å². The van der Waals surface area contributed by atoms with Crippen molar-refractivity contribution in [1.82, 2.24) is 15.1 Å². The zero-order valence-electron chi connectivity index (χ0n) is 20.1. The standard InChI is InChI=1S/C24H40N4O2S.HI/c1-19(2)22-9-11-23(12-10-22)27-13-15-28(16-14-27)24(25-3)26-17-20-5-7-21(8-6-20)18-31(4,29)30;/h5-8,19,22-23H,9-18H2,1-4H3,(H,25,26);1H. The first kappa shape index (κ1) is 27.4. The number of nitrogens with one attached hydrogen (secondary N) is 1. The van der Waals surface area contributed by atoms with E-state index in [0.717, 1.165) is 61.1 Å². The van der Waals surface area contributed by atoms with Crippen molar-refractivity contribution in [3.8, 4) is 0 Å². The van der Waals surface area contributed by atoms with Gasteiger partial charge in [-0.25, -0.2) is 8.42 Å². The first-order valence-electron chi connectivity index (χ1n) is 11.7. The van der Waals surface area contributed by atoms with Gasteiger partial charge < -0.3 is 10.2 Å². The van der Waals surface area contributed by atoms with Gasteiger partial charge in [0.2, 0.25) is 0 Å². The minimum atomic E-state index is -3.00. The summed E-state index contributed by atoms with van der Waals surface area (Å²) in [4.78, 5) is 9.54. The van der Waals surface area contributed by atoms with Gasteiger partial charge >= 0.3 is 0 Å². The van der Waals surface area contributed by atoms with E-state index in [2.05, 4.69) is 34.0 Å². The van der Waals surface area contributed by atoms with Crippen molar-refractivity contribution in [3.63, 3.8) is 0 Å². The molecule has 1 aromatic rings. The summed E-state index contributed by atoms with van der Waals surface area (Å²) in [6.45, 7) is 9.66. The quantitative estimate of drug-likeness (QED) is 0.318. The van der Waals surface area contributed by atoms with Gasteiger partial charge in [-0.15, -0.1) is 24.0 Å². The highest BCUT2D eigenvalue weighted by Gasteiger charge is 2.29. The monoisotopic (exact) mass is 576 g/mol. The Bertz CT molecular complexity index is 826. The zero-order chi connectivity index (χ0) is 22.4. The van der Waals surface area contributed by atoms with E-state index in [9.17, 15) is 8.42 Å². The molecule has 0 aromatic heterocycles. The second kappa shape index (κ2) is 12.6. The molecule has 0 radical (unpaired) electrons. The van der Waals surface area contributed by atoms with Crippen LogP contribution < -0.4 is 5.32 Å². The first-order chi connectivity index (χ1) is 14.7. The summed E-state index contributed by atoms with van der Waals surface area (Å²) < 4.78 is 22.9. The topological polar surface area (TPSA) is 65.0 Å². The third-order valence-corrected chi connectivity index (χ3v) is 7.79. The van der Waals surface area contributed by atoms with E-state index in [0.29, 0.717) is 6.54 Å². The molecule has 1 aliphatic heterocycles. The lowest BCUT2D eigenvalue weighted by atomic mass is 9.79. The lowest BCUT2D eigenvalue weighted by Gasteiger charge is -2.43. The second-order valence-corrected chi connectivity index (χ2v) is 11.8. The van der Waals surface area contributed by atoms with Crippen LogP contribution in [0.5, 0.6) is 0 Å². The summed E-state index contributed by atoms with van der Waals surface area (Å²) in [5, 5.41) is 3.47. The van der Waals surface area contributed by atoms with Crippen LogP contribution in [0.4, 0.5) is 0 Å². The molecule has 1 heterocycles. The van der Waals surface area contributed by atoms with Crippen molar-refractivity contribution >= 4 is 39.8 Å². The second-order valence-electron chi connectivity index (χ2n) is 9.62. The summed E-state index contributed by atoms with van der Waals surface area (Å²) in [5.74, 6) is 2.78. The predicted molar refractivity (Wildman–Crippen MR) is 144 cm³/mol. The van der Waals surface area contributed by atoms with Crippen molar-refractivity contribution in [2.75, 3.05) is 39.5 Å². The molecule has 0 atom stereocenters. The molecule has 32 heavy (non-hydrogen) atoms. The van der Waals surface area contributed by atoms with Crippen molar-refractivity contribution in [2.24, 2.45) is 16.8 Å². The van der Waals surface area contributed by atoms with Crippen LogP contribution >= 0.6 is 24.0 Å². The van der Waals surface area contributed by atoms with Crippen LogP contribution in [-0.2, 0) is 22.1 Å². The Morgan fingerprint density at radius 1 is 1.03 bits per heavy atom. The van der Waals surface area contributed by atoms with Crippen molar-refractivity contribution in [3.05, 3.63) is 35.4 Å². The van der Waals surface area contributed by atoms with Crippen molar-refractivity contribution in [1.29, 1.82) is 0 Å². The average Bonchev–Trinajstić information content (AvgIpc) is 2.75. The van der Waals surface area contributed by atoms with Crippen LogP contribution in [0.1, 0.15) is 50.7 Å². The van der Waals surface area contributed by atoms with Crippen LogP contribution in [0.2, 0.25) is 0 Å². The Morgan fingerprint density at radius 3 is 2.09 bits per heavy atom. The number of aliphatic imine (C=N–C) groups is 1. The summed E-state index contributed by atoms with van der Waals surface area (Å²) in [6, 6.07) is 8.54. The van der Waals surface area contributed by atoms with Crippen molar-refractivity contribution < 1.29 is 8.42 Å². The van der Waals surface area contributed by atoms with Gasteiger partial charge in [0, 0.05) is 52.1 Å². The molecule has 6 nitrogen and oxygen atoms in total. The van der Waals surface area contributed by atoms with Crippen LogP contribution in [0.25, 0.3) is 0 Å². The van der Waals surface area contributed by atoms with E-state index >= 15 is 0 Å². The smallest absolute Gasteiger partial charge is 0.194 e. The number of hydrogen-bond acceptors (Lipinski definition) is 4. The number of piperazine rings is 1. The molecule has 0 unspecified atom stereocenters. The van der Waals surface area contributed by atoms with Crippen LogP contribution in [-0.4, -0.2) is 69.7 Å². The minimum absolute atomic E-state index is 0. The first-order valence-corrected chi connectivity index (χ1v) is 13.8. The van der Waals surface area contributed by atoms with Gasteiger partial charge in [-0.3, -0.25) is 9.89 Å². The lowest BCUT2D eigenvalue weighted by Crippen LogP contribution is -2.55. The highest BCUT2D eigenvalue weighted by atomic mass is 127. The molecule has 1 saturated carbocycles. The third kappa shape index (κ3) is 8.17. The maximum atomic E-state index is 11.4. The lowest BCUT2D eigenvalue weighted by molar-refractivity contribution is 0.0864. The number of sulfone groups is 1. The summed E-state index contributed by atoms with van der Waals surface area (Å²) >= 11 is 0. The van der Waals surface area contributed by atoms with Gasteiger partial charge in [0.25, 0.3) is 0 Å². The fourth-order valence-electron chi connectivity index (χ4n) is 5.00. The molecule has 1 aromatic carbocycles. The molecule has 0 spiro atoms. The molecular weight excluding hydrogens is 535 g/mol. The van der Waals surface area contributed by atoms with E-state index in [1.165, 1.54) is 31.9 Å². The highest BCUT2D eigenvalue weighted by Crippen LogP contribution is 2.32. The Balaban J connectivity index is 0.00000363. The van der Waals surface area contributed by atoms with Crippen molar-refractivity contribution in [2.45, 2.75) is 57.9 Å². The summed E-state index contributed by atoms with van der Waals surface area (Å²) in [5.41, 5.74) is 1.95. The molecule has 2 aliphatic rings. The normalized spacial score (nSPS) is 23.2. The number of halogens is 1. The van der Waals surface area contributed by atoms with Gasteiger partial charge in [-0.2, -0.15) is 0 Å². The molecule has 0 amide bonds. The SMILES string of the molecule is CN=C(NCc1ccc(CS(C)(=O)=O)cc1)N1CCN(C2CCC(C(C)C)CC2)CC1.I. The molecular formula is C24H41IN4O2S. The Kier molecular flexibility index (Phi) is 10.7. The number of guanidine groups is 1. The van der Waals surface area contributed by atoms with E-state index in [1.807, 2.05) is 31.3 Å². The van der Waals surface area contributed by atoms with E-state index in [1.54, 1.807) is 0 Å². The fraction of sp³-hybridized carbons (Fsp3) is 0.708. The maximum Gasteiger partial charge on any atom is 0.194 e. The van der Waals surface area contributed by atoms with Crippen LogP contribution in [0, 0.1) is 11.8 Å². The number of nitrogens with zero attached hydrogens (tertiary/aromatic N) is 3. The summed E-state index contributed by atoms with van der Waals surface area (Å²) in [6.07, 6.45) is 6.74.